The van der Waals surface area contributed by atoms with Crippen molar-refractivity contribution in [3.05, 3.63) is 0 Å². The highest BCUT2D eigenvalue weighted by atomic mass is 14.6. The molecule has 0 aromatic rings. The fourth-order valence-corrected chi connectivity index (χ4v) is 2.16. The standard InChI is InChI=1S/C11H23N/c1-2-3-4-5-6-10-7-8-11(10)9-12/h10-11H,2-9,12H2,1H3. The molecular weight excluding hydrogens is 146 g/mol. The van der Waals surface area contributed by atoms with Crippen molar-refractivity contribution in [3.63, 3.8) is 0 Å². The molecule has 2 N–H and O–H groups in total. The topological polar surface area (TPSA) is 26.0 Å². The Bertz CT molecular complexity index is 110. The zero-order valence-corrected chi connectivity index (χ0v) is 8.39. The summed E-state index contributed by atoms with van der Waals surface area (Å²) >= 11 is 0. The molecule has 12 heavy (non-hydrogen) atoms. The van der Waals surface area contributed by atoms with Crippen LogP contribution in [0.25, 0.3) is 0 Å². The van der Waals surface area contributed by atoms with Crippen LogP contribution in [-0.4, -0.2) is 6.54 Å². The number of hydrogen-bond donors (Lipinski definition) is 1. The fourth-order valence-electron chi connectivity index (χ4n) is 2.16. The Kier molecular flexibility index (Phi) is 4.67. The van der Waals surface area contributed by atoms with E-state index in [0.717, 1.165) is 18.4 Å². The van der Waals surface area contributed by atoms with Crippen molar-refractivity contribution in [2.75, 3.05) is 6.54 Å². The van der Waals surface area contributed by atoms with E-state index >= 15 is 0 Å². The number of rotatable bonds is 6. The molecule has 2 atom stereocenters. The second-order valence-electron chi connectivity index (χ2n) is 4.18. The molecule has 0 aromatic heterocycles. The maximum absolute atomic E-state index is 5.65. The van der Waals surface area contributed by atoms with E-state index in [1.165, 1.54) is 44.9 Å². The third-order valence-corrected chi connectivity index (χ3v) is 3.31. The van der Waals surface area contributed by atoms with Gasteiger partial charge in [-0.2, -0.15) is 0 Å². The molecule has 1 aliphatic rings. The predicted molar refractivity (Wildman–Crippen MR) is 54.0 cm³/mol. The first-order chi connectivity index (χ1) is 5.88. The molecule has 1 aliphatic carbocycles. The van der Waals surface area contributed by atoms with Gasteiger partial charge in [0.05, 0.1) is 0 Å². The minimum absolute atomic E-state index is 0.881. The maximum Gasteiger partial charge on any atom is -0.00462 e. The zero-order chi connectivity index (χ0) is 8.81. The molecular formula is C11H23N. The lowest BCUT2D eigenvalue weighted by Crippen LogP contribution is -2.32. The van der Waals surface area contributed by atoms with Gasteiger partial charge in [0.25, 0.3) is 0 Å². The maximum atomic E-state index is 5.65. The molecule has 1 fully saturated rings. The molecule has 0 bridgehead atoms. The van der Waals surface area contributed by atoms with Gasteiger partial charge in [0, 0.05) is 0 Å². The first-order valence-corrected chi connectivity index (χ1v) is 5.58. The van der Waals surface area contributed by atoms with Crippen LogP contribution in [0, 0.1) is 11.8 Å². The molecule has 0 aliphatic heterocycles. The SMILES string of the molecule is CCCCCCC1CCC1CN. The van der Waals surface area contributed by atoms with E-state index in [0.29, 0.717) is 0 Å². The molecule has 1 saturated carbocycles. The highest BCUT2D eigenvalue weighted by molar-refractivity contribution is 4.80. The van der Waals surface area contributed by atoms with Gasteiger partial charge in [-0.3, -0.25) is 0 Å². The largest absolute Gasteiger partial charge is 0.330 e. The van der Waals surface area contributed by atoms with E-state index < -0.39 is 0 Å². The van der Waals surface area contributed by atoms with Gasteiger partial charge in [-0.25, -0.2) is 0 Å². The normalized spacial score (nSPS) is 28.5. The Balaban J connectivity index is 1.93. The lowest BCUT2D eigenvalue weighted by atomic mass is 9.71. The highest BCUT2D eigenvalue weighted by Crippen LogP contribution is 2.37. The molecule has 1 heteroatoms. The predicted octanol–water partition coefficient (Wildman–Crippen LogP) is 2.94. The highest BCUT2D eigenvalue weighted by Gasteiger charge is 2.28. The summed E-state index contributed by atoms with van der Waals surface area (Å²) in [4.78, 5) is 0. The summed E-state index contributed by atoms with van der Waals surface area (Å²) in [5.74, 6) is 1.87. The van der Waals surface area contributed by atoms with Crippen molar-refractivity contribution >= 4 is 0 Å². The van der Waals surface area contributed by atoms with Crippen molar-refractivity contribution in [3.8, 4) is 0 Å². The lowest BCUT2D eigenvalue weighted by molar-refractivity contribution is 0.167. The molecule has 0 amide bonds. The van der Waals surface area contributed by atoms with Gasteiger partial charge < -0.3 is 5.73 Å². The second kappa shape index (κ2) is 5.58. The van der Waals surface area contributed by atoms with Gasteiger partial charge in [0.15, 0.2) is 0 Å². The Hall–Kier alpha value is -0.0400. The summed E-state index contributed by atoms with van der Waals surface area (Å²) in [6.45, 7) is 3.20. The summed E-state index contributed by atoms with van der Waals surface area (Å²) in [5, 5.41) is 0. The van der Waals surface area contributed by atoms with Gasteiger partial charge in [0.2, 0.25) is 0 Å². The Morgan fingerprint density at radius 1 is 1.08 bits per heavy atom. The summed E-state index contributed by atoms with van der Waals surface area (Å²) in [5.41, 5.74) is 5.65. The number of unbranched alkanes of at least 4 members (excludes halogenated alkanes) is 3. The molecule has 2 unspecified atom stereocenters. The van der Waals surface area contributed by atoms with Crippen LogP contribution in [0.2, 0.25) is 0 Å². The van der Waals surface area contributed by atoms with Gasteiger partial charge in [-0.05, 0) is 31.2 Å². The minimum Gasteiger partial charge on any atom is -0.330 e. The molecule has 1 rings (SSSR count). The van der Waals surface area contributed by atoms with Crippen LogP contribution in [-0.2, 0) is 0 Å². The van der Waals surface area contributed by atoms with Crippen molar-refractivity contribution in [2.24, 2.45) is 17.6 Å². The summed E-state index contributed by atoms with van der Waals surface area (Å²) < 4.78 is 0. The van der Waals surface area contributed by atoms with Crippen LogP contribution in [0.1, 0.15) is 51.9 Å². The van der Waals surface area contributed by atoms with E-state index in [9.17, 15) is 0 Å². The summed E-state index contributed by atoms with van der Waals surface area (Å²) in [6, 6.07) is 0. The fraction of sp³-hybridized carbons (Fsp3) is 1.00. The minimum atomic E-state index is 0.881. The number of nitrogens with two attached hydrogens (primary N) is 1. The third kappa shape index (κ3) is 2.78. The van der Waals surface area contributed by atoms with Crippen LogP contribution < -0.4 is 5.73 Å². The quantitative estimate of drug-likeness (QED) is 0.608. The molecule has 0 spiro atoms. The van der Waals surface area contributed by atoms with Crippen molar-refractivity contribution in [2.45, 2.75) is 51.9 Å². The van der Waals surface area contributed by atoms with E-state index in [1.54, 1.807) is 0 Å². The third-order valence-electron chi connectivity index (χ3n) is 3.31. The van der Waals surface area contributed by atoms with Crippen LogP contribution in [0.15, 0.2) is 0 Å². The molecule has 0 radical (unpaired) electrons. The first-order valence-electron chi connectivity index (χ1n) is 5.58. The monoisotopic (exact) mass is 169 g/mol. The molecule has 1 nitrogen and oxygen atoms in total. The molecule has 0 aromatic carbocycles. The van der Waals surface area contributed by atoms with E-state index in [2.05, 4.69) is 6.92 Å². The Morgan fingerprint density at radius 2 is 1.83 bits per heavy atom. The first kappa shape index (κ1) is 10.0. The van der Waals surface area contributed by atoms with Gasteiger partial charge in [-0.1, -0.05) is 39.0 Å². The van der Waals surface area contributed by atoms with Gasteiger partial charge in [-0.15, -0.1) is 0 Å². The Labute approximate surface area is 76.7 Å². The van der Waals surface area contributed by atoms with Crippen molar-refractivity contribution < 1.29 is 0 Å². The average Bonchev–Trinajstić information content (AvgIpc) is 2.03. The van der Waals surface area contributed by atoms with E-state index in [4.69, 9.17) is 5.73 Å². The molecule has 0 heterocycles. The zero-order valence-electron chi connectivity index (χ0n) is 8.39. The van der Waals surface area contributed by atoms with Crippen LogP contribution >= 0.6 is 0 Å². The van der Waals surface area contributed by atoms with Gasteiger partial charge >= 0.3 is 0 Å². The van der Waals surface area contributed by atoms with E-state index in [1.807, 2.05) is 0 Å². The van der Waals surface area contributed by atoms with Crippen LogP contribution in [0.5, 0.6) is 0 Å². The van der Waals surface area contributed by atoms with Crippen LogP contribution in [0.3, 0.4) is 0 Å². The average molecular weight is 169 g/mol. The van der Waals surface area contributed by atoms with E-state index in [-0.39, 0.29) is 0 Å². The smallest absolute Gasteiger partial charge is 0.00462 e. The van der Waals surface area contributed by atoms with Gasteiger partial charge in [0.1, 0.15) is 0 Å². The second-order valence-corrected chi connectivity index (χ2v) is 4.18. The number of hydrogen-bond acceptors (Lipinski definition) is 1. The lowest BCUT2D eigenvalue weighted by Gasteiger charge is -2.35. The molecule has 72 valence electrons. The van der Waals surface area contributed by atoms with Crippen molar-refractivity contribution in [1.82, 2.24) is 0 Å². The summed E-state index contributed by atoms with van der Waals surface area (Å²) in [7, 11) is 0. The Morgan fingerprint density at radius 3 is 2.33 bits per heavy atom. The van der Waals surface area contributed by atoms with Crippen molar-refractivity contribution in [1.29, 1.82) is 0 Å². The van der Waals surface area contributed by atoms with Crippen LogP contribution in [0.4, 0.5) is 0 Å². The molecule has 0 saturated heterocycles. The summed E-state index contributed by atoms with van der Waals surface area (Å²) in [6.07, 6.45) is 9.94.